The van der Waals surface area contributed by atoms with Crippen LogP contribution in [0.2, 0.25) is 0 Å². The van der Waals surface area contributed by atoms with Crippen molar-refractivity contribution in [1.82, 2.24) is 9.80 Å². The second-order valence-corrected chi connectivity index (χ2v) is 10.9. The van der Waals surface area contributed by atoms with Crippen LogP contribution >= 0.6 is 11.3 Å². The number of nitrogens with zero attached hydrogens (tertiary/aromatic N) is 2. The molecule has 0 fully saturated rings. The van der Waals surface area contributed by atoms with Gasteiger partial charge in [-0.05, 0) is 101 Å². The maximum Gasteiger partial charge on any atom is 0.196 e. The topological polar surface area (TPSA) is 42.0 Å². The second-order valence-electron chi connectivity index (χ2n) is 9.83. The smallest absolute Gasteiger partial charge is 0.196 e. The van der Waals surface area contributed by atoms with Crippen molar-refractivity contribution in [2.24, 2.45) is 0 Å². The standard InChI is InChI=1S/C31H46N2O3S/c1-5-15-32(16-6-2)19-9-21-35-25-11-13-29-27(23-25)31(34)28-24-26(12-14-30(28)37-29)36-22-10-20-33(17-7-3)18-8-4/h11-14,23-24H,5-10,15-22H2,1-4H3. The summed E-state index contributed by atoms with van der Waals surface area (Å²) in [5, 5.41) is 1.45. The van der Waals surface area contributed by atoms with E-state index in [0.717, 1.165) is 83.8 Å². The molecule has 37 heavy (non-hydrogen) atoms. The van der Waals surface area contributed by atoms with E-state index < -0.39 is 0 Å². The summed E-state index contributed by atoms with van der Waals surface area (Å²) in [6.07, 6.45) is 6.68. The summed E-state index contributed by atoms with van der Waals surface area (Å²) in [5.41, 5.74) is 0.0498. The predicted octanol–water partition coefficient (Wildman–Crippen LogP) is 7.20. The van der Waals surface area contributed by atoms with Crippen molar-refractivity contribution >= 4 is 31.5 Å². The highest BCUT2D eigenvalue weighted by atomic mass is 32.1. The van der Waals surface area contributed by atoms with Crippen molar-refractivity contribution < 1.29 is 9.47 Å². The van der Waals surface area contributed by atoms with Gasteiger partial charge in [-0.15, -0.1) is 11.3 Å². The number of rotatable bonds is 18. The zero-order valence-electron chi connectivity index (χ0n) is 23.4. The lowest BCUT2D eigenvalue weighted by Gasteiger charge is -2.20. The zero-order chi connectivity index (χ0) is 26.5. The molecule has 0 bridgehead atoms. The minimum absolute atomic E-state index is 0.0498. The minimum atomic E-state index is 0.0498. The molecule has 0 aliphatic rings. The van der Waals surface area contributed by atoms with Crippen molar-refractivity contribution in [1.29, 1.82) is 0 Å². The summed E-state index contributed by atoms with van der Waals surface area (Å²) in [7, 11) is 0. The van der Waals surface area contributed by atoms with Gasteiger partial charge in [-0.1, -0.05) is 27.7 Å². The Labute approximate surface area is 227 Å². The molecule has 0 atom stereocenters. The van der Waals surface area contributed by atoms with Crippen LogP contribution in [-0.2, 0) is 0 Å². The second kappa shape index (κ2) is 16.0. The molecule has 3 aromatic rings. The molecule has 0 spiro atoms. The average molecular weight is 527 g/mol. The number of benzene rings is 2. The number of hydrogen-bond acceptors (Lipinski definition) is 6. The quantitative estimate of drug-likeness (QED) is 0.130. The van der Waals surface area contributed by atoms with E-state index in [0.29, 0.717) is 13.2 Å². The van der Waals surface area contributed by atoms with Crippen LogP contribution in [0.3, 0.4) is 0 Å². The van der Waals surface area contributed by atoms with Gasteiger partial charge in [0.1, 0.15) is 11.5 Å². The first-order chi connectivity index (χ1) is 18.1. The lowest BCUT2D eigenvalue weighted by Crippen LogP contribution is -2.27. The molecular formula is C31H46N2O3S. The van der Waals surface area contributed by atoms with Crippen LogP contribution in [0.1, 0.15) is 66.2 Å². The van der Waals surface area contributed by atoms with Gasteiger partial charge in [-0.3, -0.25) is 4.79 Å². The van der Waals surface area contributed by atoms with Gasteiger partial charge < -0.3 is 19.3 Å². The van der Waals surface area contributed by atoms with Crippen molar-refractivity contribution in [3.8, 4) is 11.5 Å². The predicted molar refractivity (Wildman–Crippen MR) is 160 cm³/mol. The van der Waals surface area contributed by atoms with Crippen molar-refractivity contribution in [3.05, 3.63) is 46.6 Å². The first-order valence-corrected chi connectivity index (χ1v) is 15.1. The van der Waals surface area contributed by atoms with Crippen LogP contribution < -0.4 is 14.9 Å². The monoisotopic (exact) mass is 526 g/mol. The summed E-state index contributed by atoms with van der Waals surface area (Å²) in [5.74, 6) is 1.54. The van der Waals surface area contributed by atoms with Gasteiger partial charge in [0, 0.05) is 33.3 Å². The van der Waals surface area contributed by atoms with Gasteiger partial charge >= 0.3 is 0 Å². The van der Waals surface area contributed by atoms with Gasteiger partial charge in [0.2, 0.25) is 0 Å². The van der Waals surface area contributed by atoms with E-state index in [1.54, 1.807) is 11.3 Å². The minimum Gasteiger partial charge on any atom is -0.494 e. The van der Waals surface area contributed by atoms with Gasteiger partial charge in [0.05, 0.1) is 13.2 Å². The zero-order valence-corrected chi connectivity index (χ0v) is 24.2. The molecule has 2 aromatic carbocycles. The highest BCUT2D eigenvalue weighted by molar-refractivity contribution is 7.24. The Balaban J connectivity index is 1.63. The van der Waals surface area contributed by atoms with E-state index in [4.69, 9.17) is 9.47 Å². The van der Waals surface area contributed by atoms with Crippen LogP contribution in [0.15, 0.2) is 41.2 Å². The third kappa shape index (κ3) is 8.98. The molecular weight excluding hydrogens is 480 g/mol. The van der Waals surface area contributed by atoms with Crippen LogP contribution in [0, 0.1) is 0 Å². The lowest BCUT2D eigenvalue weighted by molar-refractivity contribution is 0.234. The van der Waals surface area contributed by atoms with Crippen molar-refractivity contribution in [2.75, 3.05) is 52.5 Å². The van der Waals surface area contributed by atoms with E-state index in [9.17, 15) is 4.79 Å². The number of ether oxygens (including phenoxy) is 2. The first kappa shape index (κ1) is 29.4. The Bertz CT molecular complexity index is 1050. The summed E-state index contributed by atoms with van der Waals surface area (Å²) in [4.78, 5) is 18.4. The fraction of sp³-hybridized carbons (Fsp3) is 0.581. The Kier molecular flexibility index (Phi) is 12.7. The van der Waals surface area contributed by atoms with E-state index in [1.807, 2.05) is 36.4 Å². The highest BCUT2D eigenvalue weighted by Gasteiger charge is 2.10. The lowest BCUT2D eigenvalue weighted by atomic mass is 10.1. The Morgan fingerprint density at radius 1 is 0.622 bits per heavy atom. The molecule has 0 aliphatic carbocycles. The fourth-order valence-electron chi connectivity index (χ4n) is 4.89. The normalized spacial score (nSPS) is 11.7. The molecule has 5 nitrogen and oxygen atoms in total. The Morgan fingerprint density at radius 2 is 1.03 bits per heavy atom. The summed E-state index contributed by atoms with van der Waals surface area (Å²) < 4.78 is 14.1. The summed E-state index contributed by atoms with van der Waals surface area (Å²) in [6, 6.07) is 11.8. The summed E-state index contributed by atoms with van der Waals surface area (Å²) in [6.45, 7) is 16.9. The molecule has 0 N–H and O–H groups in total. The van der Waals surface area contributed by atoms with Gasteiger partial charge in [-0.2, -0.15) is 0 Å². The average Bonchev–Trinajstić information content (AvgIpc) is 2.90. The fourth-order valence-corrected chi connectivity index (χ4v) is 5.92. The third-order valence-corrected chi connectivity index (χ3v) is 7.70. The first-order valence-electron chi connectivity index (χ1n) is 14.3. The maximum atomic E-state index is 13.4. The molecule has 1 aromatic heterocycles. The molecule has 6 heteroatoms. The third-order valence-electron chi connectivity index (χ3n) is 6.55. The molecule has 1 heterocycles. The molecule has 0 unspecified atom stereocenters. The van der Waals surface area contributed by atoms with Crippen LogP contribution in [0.25, 0.3) is 20.2 Å². The molecule has 0 amide bonds. The molecule has 0 saturated heterocycles. The Hall–Kier alpha value is -2.15. The van der Waals surface area contributed by atoms with Crippen LogP contribution in [0.5, 0.6) is 11.5 Å². The molecule has 3 rings (SSSR count). The largest absolute Gasteiger partial charge is 0.494 e. The molecule has 0 radical (unpaired) electrons. The van der Waals surface area contributed by atoms with Crippen LogP contribution in [0.4, 0.5) is 0 Å². The van der Waals surface area contributed by atoms with E-state index in [2.05, 4.69) is 37.5 Å². The van der Waals surface area contributed by atoms with Gasteiger partial charge in [0.15, 0.2) is 5.43 Å². The maximum absolute atomic E-state index is 13.4. The van der Waals surface area contributed by atoms with E-state index in [-0.39, 0.29) is 5.43 Å². The van der Waals surface area contributed by atoms with E-state index in [1.165, 1.54) is 25.7 Å². The van der Waals surface area contributed by atoms with Crippen LogP contribution in [-0.4, -0.2) is 62.3 Å². The van der Waals surface area contributed by atoms with Gasteiger partial charge in [-0.25, -0.2) is 0 Å². The van der Waals surface area contributed by atoms with E-state index >= 15 is 0 Å². The van der Waals surface area contributed by atoms with Crippen molar-refractivity contribution in [2.45, 2.75) is 66.2 Å². The number of hydrogen-bond donors (Lipinski definition) is 0. The summed E-state index contributed by atoms with van der Waals surface area (Å²) >= 11 is 1.64. The molecule has 0 aliphatic heterocycles. The Morgan fingerprint density at radius 3 is 1.41 bits per heavy atom. The molecule has 0 saturated carbocycles. The van der Waals surface area contributed by atoms with Crippen molar-refractivity contribution in [3.63, 3.8) is 0 Å². The SMILES string of the molecule is CCCN(CCC)CCCOc1ccc2sc3ccc(OCCCN(CCC)CCC)cc3c(=O)c2c1. The van der Waals surface area contributed by atoms with Gasteiger partial charge in [0.25, 0.3) is 0 Å². The molecule has 204 valence electrons. The number of fused-ring (bicyclic) bond motifs is 2. The highest BCUT2D eigenvalue weighted by Crippen LogP contribution is 2.29.